The number of carbonyl (C=O) groups excluding carboxylic acids is 1. The van der Waals surface area contributed by atoms with Gasteiger partial charge in [0.1, 0.15) is 53.3 Å². The molecule has 3 saturated heterocycles. The second kappa shape index (κ2) is 45.5. The SMILES string of the molecule is CC(C)(C)OC(=O)N1CC(c2ccc(/C(=C(/CCCO)c3ccccc3)c3ccc(O)cc3)cc2)C1.CN1C[C@@H]1COc1ccc(/C(=C(/CCCO)c2ccccc2)c2ccc(O)cc2)cc1.CN1C[C@H]1COc1ccc(/C(=C(/CCCO)c2ccccc2)c2ccc(O)cc2)cc1.OCCC/C(=C(\c1ccc(O)cc1)c1ccc(C2CCC2)cc1)c1ccccc1. The van der Waals surface area contributed by atoms with Crippen LogP contribution in [-0.2, 0) is 4.74 Å². The van der Waals surface area contributed by atoms with E-state index >= 15 is 0 Å². The van der Waals surface area contributed by atoms with Crippen molar-refractivity contribution in [3.63, 3.8) is 0 Å². The highest BCUT2D eigenvalue weighted by Crippen LogP contribution is 2.44. The lowest BCUT2D eigenvalue weighted by molar-refractivity contribution is 0.00817. The number of hydrogen-bond acceptors (Lipinski definition) is 14. The molecular weight excluding hydrogens is 1580 g/mol. The van der Waals surface area contributed by atoms with Crippen molar-refractivity contribution in [2.24, 2.45) is 0 Å². The molecule has 0 aromatic heterocycles. The summed E-state index contributed by atoms with van der Waals surface area (Å²) in [5, 5.41) is 77.4. The molecule has 0 spiro atoms. The summed E-state index contributed by atoms with van der Waals surface area (Å²) in [5.74, 6) is 3.72. The van der Waals surface area contributed by atoms with Crippen LogP contribution in [0.5, 0.6) is 34.5 Å². The van der Waals surface area contributed by atoms with E-state index in [0.717, 1.165) is 128 Å². The summed E-state index contributed by atoms with van der Waals surface area (Å²) in [6.07, 6.45) is 9.44. The third kappa shape index (κ3) is 26.1. The number of benzene rings is 12. The zero-order chi connectivity index (χ0) is 89.0. The molecule has 12 aromatic rings. The van der Waals surface area contributed by atoms with Crippen molar-refractivity contribution in [2.75, 3.05) is 79.9 Å². The van der Waals surface area contributed by atoms with Crippen molar-refractivity contribution < 1.29 is 59.9 Å². The molecule has 3 aliphatic heterocycles. The van der Waals surface area contributed by atoms with Crippen molar-refractivity contribution in [3.8, 4) is 34.5 Å². The number of likely N-dealkylation sites (tertiary alicyclic amines) is 1. The number of hydrogen-bond donors (Lipinski definition) is 8. The summed E-state index contributed by atoms with van der Waals surface area (Å²) in [7, 11) is 4.20. The van der Waals surface area contributed by atoms with E-state index in [2.05, 4.69) is 157 Å². The van der Waals surface area contributed by atoms with Crippen LogP contribution in [0.4, 0.5) is 4.79 Å². The molecular formula is C112H121N3O12. The van der Waals surface area contributed by atoms with Crippen molar-refractivity contribution >= 4 is 50.7 Å². The van der Waals surface area contributed by atoms with Crippen LogP contribution in [0.1, 0.15) is 181 Å². The lowest BCUT2D eigenvalue weighted by Gasteiger charge is -2.40. The number of amides is 1. The number of ether oxygens (including phenoxy) is 3. The molecule has 2 unspecified atom stereocenters. The van der Waals surface area contributed by atoms with E-state index in [1.165, 1.54) is 63.8 Å². The van der Waals surface area contributed by atoms with Crippen LogP contribution in [0.3, 0.4) is 0 Å². The number of aromatic hydroxyl groups is 4. The zero-order valence-corrected chi connectivity index (χ0v) is 73.7. The van der Waals surface area contributed by atoms with Crippen LogP contribution in [0.25, 0.3) is 44.6 Å². The smallest absolute Gasteiger partial charge is 0.410 e. The number of aliphatic hydroxyl groups excluding tert-OH is 4. The maximum absolute atomic E-state index is 12.3. The normalized spacial score (nSPS) is 16.6. The molecule has 4 atom stereocenters. The molecule has 0 radical (unpaired) electrons. The van der Waals surface area contributed by atoms with Crippen LogP contribution in [0.15, 0.2) is 315 Å². The molecule has 4 aliphatic rings. The molecule has 15 nitrogen and oxygen atoms in total. The van der Waals surface area contributed by atoms with Crippen LogP contribution in [0, 0.1) is 0 Å². The van der Waals surface area contributed by atoms with Gasteiger partial charge < -0.3 is 60.0 Å². The van der Waals surface area contributed by atoms with Gasteiger partial charge in [-0.3, -0.25) is 9.80 Å². The van der Waals surface area contributed by atoms with Gasteiger partial charge in [0.2, 0.25) is 0 Å². The standard InChI is InChI=1S/C31H35NO4.2C27H29NO3.C27H28O2/c1-31(2,3)36-30(35)32-20-26(21-32)22-11-13-24(14-12-22)29(25-15-17-27(34)18-16-25)28(10-7-19-33)23-8-5-4-6-9-23;2*1-28-18-23(28)19-31-25-15-11-22(12-16-25)27(21-9-13-24(30)14-10-21)26(8-5-17-29)20-6-3-2-4-7-20;28-19-5-10-26(22-6-2-1-3-7-22)27(24-15-17-25(29)18-16-24)23-13-11-21(12-14-23)20-8-4-9-20/h4-6,8-9,11-18,26,33-34H,7,10,19-21H2,1-3H3;2*2-4,6-7,9-16,23,29-30H,5,8,17-19H2,1H3;1-3,6-7,11-18,20,28-29H,4-5,8-10,19H2/b29-28+;2*27-26-;27-26+/t;2*23-,28?;/m.10./s1. The van der Waals surface area contributed by atoms with Crippen molar-refractivity contribution in [3.05, 3.63) is 393 Å². The molecule has 12 aromatic carbocycles. The predicted octanol–water partition coefficient (Wildman–Crippen LogP) is 22.5. The molecule has 1 amide bonds. The minimum atomic E-state index is -0.493. The van der Waals surface area contributed by atoms with Gasteiger partial charge in [0.25, 0.3) is 0 Å². The fourth-order valence-electron chi connectivity index (χ4n) is 16.3. The highest BCUT2D eigenvalue weighted by Gasteiger charge is 2.36. The maximum Gasteiger partial charge on any atom is 0.410 e. The van der Waals surface area contributed by atoms with Crippen LogP contribution >= 0.6 is 0 Å². The average Bonchev–Trinajstić information content (AvgIpc) is 1.77. The lowest BCUT2D eigenvalue weighted by Crippen LogP contribution is -2.50. The van der Waals surface area contributed by atoms with Gasteiger partial charge in [-0.05, 0) is 300 Å². The van der Waals surface area contributed by atoms with Gasteiger partial charge in [-0.15, -0.1) is 0 Å². The topological polar surface area (TPSA) is 216 Å². The zero-order valence-electron chi connectivity index (χ0n) is 73.7. The summed E-state index contributed by atoms with van der Waals surface area (Å²) in [5.41, 5.74) is 24.5. The number of aliphatic hydroxyl groups is 4. The fraction of sp³-hybridized carbons (Fsp3) is 0.277. The molecule has 16 rings (SSSR count). The van der Waals surface area contributed by atoms with Gasteiger partial charge in [0, 0.05) is 58.5 Å². The van der Waals surface area contributed by atoms with E-state index in [1.807, 2.05) is 154 Å². The second-order valence-corrected chi connectivity index (χ2v) is 34.2. The van der Waals surface area contributed by atoms with Crippen LogP contribution < -0.4 is 9.47 Å². The largest absolute Gasteiger partial charge is 0.508 e. The van der Waals surface area contributed by atoms with Crippen LogP contribution in [-0.4, -0.2) is 159 Å². The number of rotatable bonds is 32. The summed E-state index contributed by atoms with van der Waals surface area (Å²) >= 11 is 0. The first-order valence-corrected chi connectivity index (χ1v) is 44.6. The van der Waals surface area contributed by atoms with Gasteiger partial charge in [-0.2, -0.15) is 0 Å². The monoisotopic (exact) mass is 1700 g/mol. The summed E-state index contributed by atoms with van der Waals surface area (Å²) in [6.45, 7) is 11.1. The molecule has 0 bridgehead atoms. The number of carbonyl (C=O) groups is 1. The molecule has 127 heavy (non-hydrogen) atoms. The van der Waals surface area contributed by atoms with Crippen LogP contribution in [0.2, 0.25) is 0 Å². The molecule has 8 N–H and O–H groups in total. The Morgan fingerprint density at radius 3 is 0.772 bits per heavy atom. The minimum Gasteiger partial charge on any atom is -0.508 e. The quantitative estimate of drug-likeness (QED) is 0.0145. The first kappa shape index (κ1) is 92.1. The van der Waals surface area contributed by atoms with E-state index in [-0.39, 0.29) is 61.4 Å². The number of nitrogens with zero attached hydrogens (tertiary/aromatic N) is 3. The molecule has 15 heteroatoms. The summed E-state index contributed by atoms with van der Waals surface area (Å²) < 4.78 is 17.4. The van der Waals surface area contributed by atoms with Gasteiger partial charge in [0.15, 0.2) is 0 Å². The minimum absolute atomic E-state index is 0.119. The Balaban J connectivity index is 0.000000145. The molecule has 656 valence electrons. The lowest BCUT2D eigenvalue weighted by atomic mass is 9.79. The third-order valence-electron chi connectivity index (χ3n) is 23.8. The Morgan fingerprint density at radius 2 is 0.551 bits per heavy atom. The van der Waals surface area contributed by atoms with Gasteiger partial charge in [-0.1, -0.05) is 249 Å². The molecule has 3 heterocycles. The van der Waals surface area contributed by atoms with E-state index in [1.54, 1.807) is 53.4 Å². The Kier molecular flexibility index (Phi) is 33.0. The summed E-state index contributed by atoms with van der Waals surface area (Å²) in [6, 6.07) is 106. The van der Waals surface area contributed by atoms with Crippen molar-refractivity contribution in [2.45, 2.75) is 121 Å². The van der Waals surface area contributed by atoms with E-state index in [0.29, 0.717) is 70.0 Å². The van der Waals surface area contributed by atoms with Gasteiger partial charge >= 0.3 is 6.09 Å². The van der Waals surface area contributed by atoms with E-state index in [9.17, 15) is 45.6 Å². The van der Waals surface area contributed by atoms with Gasteiger partial charge in [0.05, 0.1) is 12.1 Å². The Bertz CT molecular complexity index is 5390. The molecule has 4 fully saturated rings. The predicted molar refractivity (Wildman–Crippen MR) is 514 cm³/mol. The maximum atomic E-state index is 12.3. The second-order valence-electron chi connectivity index (χ2n) is 34.2. The first-order chi connectivity index (χ1) is 61.8. The first-order valence-electron chi connectivity index (χ1n) is 44.6. The summed E-state index contributed by atoms with van der Waals surface area (Å²) in [4.78, 5) is 18.6. The third-order valence-corrected chi connectivity index (χ3v) is 23.8. The molecule has 1 aliphatic carbocycles. The Labute approximate surface area is 749 Å². The highest BCUT2D eigenvalue weighted by molar-refractivity contribution is 6.02. The highest BCUT2D eigenvalue weighted by atomic mass is 16.6. The van der Waals surface area contributed by atoms with E-state index in [4.69, 9.17) is 14.2 Å². The van der Waals surface area contributed by atoms with Crippen molar-refractivity contribution in [1.82, 2.24) is 14.7 Å². The van der Waals surface area contributed by atoms with Crippen molar-refractivity contribution in [1.29, 1.82) is 0 Å². The Morgan fingerprint density at radius 1 is 0.315 bits per heavy atom. The Hall–Kier alpha value is -12.6. The fourth-order valence-corrected chi connectivity index (χ4v) is 16.3. The number of allylic oxidation sites excluding steroid dienone is 4. The van der Waals surface area contributed by atoms with Gasteiger partial charge in [-0.25, -0.2) is 4.79 Å². The van der Waals surface area contributed by atoms with E-state index < -0.39 is 5.60 Å². The number of likely N-dealkylation sites (N-methyl/N-ethyl adjacent to an activating group) is 2. The number of phenolic OH excluding ortho intramolecular Hbond substituents is 4. The molecule has 1 saturated carbocycles. The number of phenols is 4. The average molecular weight is 1700 g/mol.